The van der Waals surface area contributed by atoms with Gasteiger partial charge < -0.3 is 4.90 Å². The Labute approximate surface area is 140 Å². The van der Waals surface area contributed by atoms with Gasteiger partial charge in [0.15, 0.2) is 5.11 Å². The van der Waals surface area contributed by atoms with Gasteiger partial charge in [-0.3, -0.25) is 9.69 Å². The van der Waals surface area contributed by atoms with Crippen molar-refractivity contribution in [2.75, 3.05) is 10.7 Å². The van der Waals surface area contributed by atoms with Crippen LogP contribution in [-0.2, 0) is 4.79 Å². The van der Waals surface area contributed by atoms with Gasteiger partial charge in [0.05, 0.1) is 5.69 Å². The standard InChI is InChI=1S/C15H11FN2OS3/c16-9-3-5-10(6-4-9)17-13(19)11-8-22-14(18(11)15(17)20)12-2-1-7-21-12/h1-7,11,14H,8H2/t11-,14?/m0/s1. The number of thioether (sulfide) groups is 1. The van der Waals surface area contributed by atoms with Crippen molar-refractivity contribution in [2.24, 2.45) is 0 Å². The lowest BCUT2D eigenvalue weighted by Crippen LogP contribution is -2.33. The van der Waals surface area contributed by atoms with Crippen LogP contribution < -0.4 is 4.90 Å². The van der Waals surface area contributed by atoms with E-state index in [4.69, 9.17) is 12.2 Å². The number of hydrogen-bond donors (Lipinski definition) is 0. The first-order valence-electron chi connectivity index (χ1n) is 6.73. The van der Waals surface area contributed by atoms with E-state index in [2.05, 4.69) is 6.07 Å². The van der Waals surface area contributed by atoms with E-state index in [9.17, 15) is 9.18 Å². The smallest absolute Gasteiger partial charge is 0.257 e. The van der Waals surface area contributed by atoms with Gasteiger partial charge in [0.2, 0.25) is 0 Å². The maximum atomic E-state index is 13.1. The number of hydrogen-bond acceptors (Lipinski definition) is 4. The van der Waals surface area contributed by atoms with Crippen molar-refractivity contribution in [2.45, 2.75) is 11.4 Å². The Bertz CT molecular complexity index is 732. The highest BCUT2D eigenvalue weighted by molar-refractivity contribution is 8.00. The van der Waals surface area contributed by atoms with E-state index < -0.39 is 0 Å². The molecule has 3 nitrogen and oxygen atoms in total. The highest BCUT2D eigenvalue weighted by Crippen LogP contribution is 2.47. The van der Waals surface area contributed by atoms with Crippen LogP contribution >= 0.6 is 35.3 Å². The van der Waals surface area contributed by atoms with Crippen LogP contribution in [0.25, 0.3) is 0 Å². The van der Waals surface area contributed by atoms with Gasteiger partial charge in [-0.15, -0.1) is 23.1 Å². The number of thiocarbonyl (C=S) groups is 1. The van der Waals surface area contributed by atoms with Crippen LogP contribution in [-0.4, -0.2) is 27.7 Å². The second kappa shape index (κ2) is 5.33. The lowest BCUT2D eigenvalue weighted by atomic mass is 10.2. The van der Waals surface area contributed by atoms with Crippen LogP contribution in [0.1, 0.15) is 10.3 Å². The first-order valence-corrected chi connectivity index (χ1v) is 9.07. The first kappa shape index (κ1) is 14.2. The Balaban J connectivity index is 1.69. The molecule has 0 N–H and O–H groups in total. The molecule has 22 heavy (non-hydrogen) atoms. The number of nitrogens with zero attached hydrogens (tertiary/aromatic N) is 2. The zero-order chi connectivity index (χ0) is 15.3. The fraction of sp³-hybridized carbons (Fsp3) is 0.200. The Morgan fingerprint density at radius 3 is 2.68 bits per heavy atom. The lowest BCUT2D eigenvalue weighted by Gasteiger charge is -2.24. The highest BCUT2D eigenvalue weighted by atomic mass is 32.2. The van der Waals surface area contributed by atoms with Crippen LogP contribution in [0.2, 0.25) is 0 Å². The van der Waals surface area contributed by atoms with E-state index in [1.165, 1.54) is 21.9 Å². The molecule has 2 aliphatic rings. The van der Waals surface area contributed by atoms with Gasteiger partial charge in [-0.2, -0.15) is 0 Å². The number of amides is 1. The van der Waals surface area contributed by atoms with Crippen molar-refractivity contribution in [3.63, 3.8) is 0 Å². The molecule has 0 bridgehead atoms. The largest absolute Gasteiger partial charge is 0.319 e. The summed E-state index contributed by atoms with van der Waals surface area (Å²) in [7, 11) is 0. The summed E-state index contributed by atoms with van der Waals surface area (Å²) in [5.74, 6) is 0.371. The average Bonchev–Trinajstić information content (AvgIpc) is 3.21. The molecular weight excluding hydrogens is 339 g/mol. The molecule has 2 fully saturated rings. The topological polar surface area (TPSA) is 23.6 Å². The molecule has 2 aromatic rings. The minimum atomic E-state index is -0.325. The monoisotopic (exact) mass is 350 g/mol. The number of carbonyl (C=O) groups excluding carboxylic acids is 1. The van der Waals surface area contributed by atoms with Crippen LogP contribution in [0.5, 0.6) is 0 Å². The molecule has 1 aromatic carbocycles. The van der Waals surface area contributed by atoms with Crippen LogP contribution in [0, 0.1) is 5.82 Å². The number of rotatable bonds is 2. The van der Waals surface area contributed by atoms with E-state index in [-0.39, 0.29) is 23.1 Å². The summed E-state index contributed by atoms with van der Waals surface area (Å²) >= 11 is 8.96. The zero-order valence-corrected chi connectivity index (χ0v) is 13.8. The van der Waals surface area contributed by atoms with Crippen LogP contribution in [0.15, 0.2) is 41.8 Å². The fourth-order valence-electron chi connectivity index (χ4n) is 2.77. The van der Waals surface area contributed by atoms with Crippen LogP contribution in [0.3, 0.4) is 0 Å². The zero-order valence-electron chi connectivity index (χ0n) is 11.3. The Morgan fingerprint density at radius 1 is 1.23 bits per heavy atom. The number of fused-ring (bicyclic) bond motifs is 1. The summed E-state index contributed by atoms with van der Waals surface area (Å²) in [6, 6.07) is 9.73. The van der Waals surface area contributed by atoms with Crippen molar-refractivity contribution in [1.29, 1.82) is 0 Å². The molecule has 0 aliphatic carbocycles. The SMILES string of the molecule is O=C1[C@@H]2CSC(c3cccs3)N2C(=S)N1c1ccc(F)cc1. The summed E-state index contributed by atoms with van der Waals surface area (Å²) in [5, 5.41) is 2.62. The summed E-state index contributed by atoms with van der Waals surface area (Å²) in [6.45, 7) is 0. The van der Waals surface area contributed by atoms with Gasteiger partial charge in [0.25, 0.3) is 5.91 Å². The van der Waals surface area contributed by atoms with Gasteiger partial charge in [0.1, 0.15) is 17.2 Å². The van der Waals surface area contributed by atoms with Crippen molar-refractivity contribution >= 4 is 52.0 Å². The second-order valence-corrected chi connectivity index (χ2v) is 7.51. The number of thiophene rings is 1. The van der Waals surface area contributed by atoms with Crippen molar-refractivity contribution in [3.05, 3.63) is 52.5 Å². The van der Waals surface area contributed by atoms with E-state index in [1.807, 2.05) is 16.3 Å². The molecule has 0 radical (unpaired) electrons. The van der Waals surface area contributed by atoms with E-state index in [0.717, 1.165) is 5.75 Å². The number of benzene rings is 1. The maximum Gasteiger partial charge on any atom is 0.257 e. The highest BCUT2D eigenvalue weighted by Gasteiger charge is 2.51. The van der Waals surface area contributed by atoms with Gasteiger partial charge in [-0.1, -0.05) is 6.07 Å². The Hall–Kier alpha value is -1.44. The average molecular weight is 350 g/mol. The molecule has 1 aromatic heterocycles. The summed E-state index contributed by atoms with van der Waals surface area (Å²) in [5.41, 5.74) is 0.626. The quantitative estimate of drug-likeness (QED) is 0.772. The van der Waals surface area contributed by atoms with Gasteiger partial charge in [0, 0.05) is 10.6 Å². The molecule has 3 heterocycles. The molecule has 0 saturated carbocycles. The fourth-order valence-corrected chi connectivity index (χ4v) is 5.65. The molecule has 1 unspecified atom stereocenters. The minimum Gasteiger partial charge on any atom is -0.319 e. The second-order valence-electron chi connectivity index (χ2n) is 5.06. The van der Waals surface area contributed by atoms with Crippen molar-refractivity contribution in [3.8, 4) is 0 Å². The summed E-state index contributed by atoms with van der Waals surface area (Å²) < 4.78 is 13.1. The van der Waals surface area contributed by atoms with Gasteiger partial charge >= 0.3 is 0 Å². The molecule has 112 valence electrons. The Kier molecular flexibility index (Phi) is 3.43. The number of anilines is 1. The molecule has 4 rings (SSSR count). The molecule has 0 spiro atoms. The number of carbonyl (C=O) groups is 1. The number of halogens is 1. The molecule has 2 aliphatic heterocycles. The van der Waals surface area contributed by atoms with E-state index in [0.29, 0.717) is 10.8 Å². The predicted octanol–water partition coefficient (Wildman–Crippen LogP) is 3.63. The first-order chi connectivity index (χ1) is 10.7. The predicted molar refractivity (Wildman–Crippen MR) is 91.6 cm³/mol. The van der Waals surface area contributed by atoms with E-state index >= 15 is 0 Å². The third-order valence-electron chi connectivity index (χ3n) is 3.79. The van der Waals surface area contributed by atoms with Gasteiger partial charge in [-0.25, -0.2) is 4.39 Å². The molecule has 7 heteroatoms. The Morgan fingerprint density at radius 2 is 2.00 bits per heavy atom. The molecule has 2 atom stereocenters. The third-order valence-corrected chi connectivity index (χ3v) is 6.56. The van der Waals surface area contributed by atoms with E-state index in [1.54, 1.807) is 35.2 Å². The van der Waals surface area contributed by atoms with Gasteiger partial charge in [-0.05, 0) is 47.9 Å². The summed E-state index contributed by atoms with van der Waals surface area (Å²) in [6.07, 6.45) is 0. The summed E-state index contributed by atoms with van der Waals surface area (Å²) in [4.78, 5) is 17.4. The van der Waals surface area contributed by atoms with Crippen molar-refractivity contribution < 1.29 is 9.18 Å². The third kappa shape index (κ3) is 2.07. The molecular formula is C15H11FN2OS3. The van der Waals surface area contributed by atoms with Crippen LogP contribution in [0.4, 0.5) is 10.1 Å². The molecule has 1 amide bonds. The minimum absolute atomic E-state index is 0.0248. The molecule has 2 saturated heterocycles. The maximum absolute atomic E-state index is 13.1. The van der Waals surface area contributed by atoms with Crippen molar-refractivity contribution in [1.82, 2.24) is 4.90 Å². The normalized spacial score (nSPS) is 24.2. The lowest BCUT2D eigenvalue weighted by molar-refractivity contribution is -0.119.